The molecule has 0 radical (unpaired) electrons. The lowest BCUT2D eigenvalue weighted by molar-refractivity contribution is -0.116. The first kappa shape index (κ1) is 25.0. The fourth-order valence-corrected chi connectivity index (χ4v) is 4.35. The Balaban J connectivity index is 0.00000392. The number of rotatable bonds is 5. The van der Waals surface area contributed by atoms with E-state index >= 15 is 0 Å². The molecular formula is C18H28ClIN4O3S. The summed E-state index contributed by atoms with van der Waals surface area (Å²) in [4.78, 5) is 18.2. The smallest absolute Gasteiger partial charge is 0.224 e. The van der Waals surface area contributed by atoms with E-state index in [9.17, 15) is 13.2 Å². The van der Waals surface area contributed by atoms with Gasteiger partial charge in [0.1, 0.15) is 0 Å². The first-order valence-corrected chi connectivity index (χ1v) is 10.9. The first-order chi connectivity index (χ1) is 12.6. The van der Waals surface area contributed by atoms with Crippen LogP contribution in [0.25, 0.3) is 0 Å². The molecular weight excluding hydrogens is 515 g/mol. The number of carbonyl (C=O) groups is 1. The normalized spacial score (nSPS) is 18.1. The molecule has 1 aliphatic rings. The van der Waals surface area contributed by atoms with Crippen molar-refractivity contribution in [3.05, 3.63) is 29.3 Å². The molecule has 0 saturated carbocycles. The molecule has 0 atom stereocenters. The fraction of sp³-hybridized carbons (Fsp3) is 0.556. The summed E-state index contributed by atoms with van der Waals surface area (Å²) in [6.07, 6.45) is 1.00. The van der Waals surface area contributed by atoms with Crippen molar-refractivity contribution in [3.8, 4) is 0 Å². The lowest BCUT2D eigenvalue weighted by Crippen LogP contribution is -2.57. The van der Waals surface area contributed by atoms with Crippen LogP contribution in [0.3, 0.4) is 0 Å². The zero-order chi connectivity index (χ0) is 20.1. The number of benzene rings is 1. The quantitative estimate of drug-likeness (QED) is 0.258. The van der Waals surface area contributed by atoms with E-state index in [4.69, 9.17) is 11.6 Å². The van der Waals surface area contributed by atoms with Crippen molar-refractivity contribution in [2.24, 2.45) is 4.99 Å². The zero-order valence-corrected chi connectivity index (χ0v) is 20.3. The minimum Gasteiger partial charge on any atom is -0.356 e. The second kappa shape index (κ2) is 10.6. The van der Waals surface area contributed by atoms with Crippen LogP contribution in [0.15, 0.2) is 29.3 Å². The number of amides is 1. The highest BCUT2D eigenvalue weighted by Gasteiger charge is 2.40. The standard InChI is InChI=1S/C18H27ClN4O3S.HI/c1-18(2)13-23(11-12-27(18,25)26)17(20-3)21-10-4-5-16(24)22-15-8-6-14(19)7-9-15;/h6-9H,4-5,10-13H2,1-3H3,(H,20,21)(H,22,24);1H. The first-order valence-electron chi connectivity index (χ1n) is 8.88. The van der Waals surface area contributed by atoms with Gasteiger partial charge in [-0.05, 0) is 44.5 Å². The van der Waals surface area contributed by atoms with Crippen LogP contribution in [-0.2, 0) is 14.6 Å². The molecule has 2 rings (SSSR count). The van der Waals surface area contributed by atoms with Crippen molar-refractivity contribution in [3.63, 3.8) is 0 Å². The molecule has 1 saturated heterocycles. The molecule has 0 unspecified atom stereocenters. The summed E-state index contributed by atoms with van der Waals surface area (Å²) in [5.41, 5.74) is 0.713. The predicted octanol–water partition coefficient (Wildman–Crippen LogP) is 2.76. The maximum Gasteiger partial charge on any atom is 0.224 e. The number of sulfone groups is 1. The monoisotopic (exact) mass is 542 g/mol. The van der Waals surface area contributed by atoms with Gasteiger partial charge in [0, 0.05) is 43.8 Å². The average molecular weight is 543 g/mol. The highest BCUT2D eigenvalue weighted by atomic mass is 127. The van der Waals surface area contributed by atoms with Gasteiger partial charge in [-0.15, -0.1) is 24.0 Å². The number of halogens is 2. The van der Waals surface area contributed by atoms with Crippen LogP contribution in [0, 0.1) is 0 Å². The third-order valence-corrected chi connectivity index (χ3v) is 7.33. The van der Waals surface area contributed by atoms with E-state index in [0.29, 0.717) is 49.1 Å². The van der Waals surface area contributed by atoms with Gasteiger partial charge in [-0.25, -0.2) is 8.42 Å². The third kappa shape index (κ3) is 6.77. The Morgan fingerprint density at radius 3 is 2.50 bits per heavy atom. The number of nitrogens with zero attached hydrogens (tertiary/aromatic N) is 2. The van der Waals surface area contributed by atoms with Gasteiger partial charge in [0.2, 0.25) is 5.91 Å². The Morgan fingerprint density at radius 1 is 1.29 bits per heavy atom. The fourth-order valence-electron chi connectivity index (χ4n) is 2.86. The maximum atomic E-state index is 12.1. The van der Waals surface area contributed by atoms with Gasteiger partial charge in [0.15, 0.2) is 15.8 Å². The van der Waals surface area contributed by atoms with Crippen LogP contribution in [0.1, 0.15) is 26.7 Å². The molecule has 1 aromatic rings. The number of guanidine groups is 1. The van der Waals surface area contributed by atoms with E-state index in [1.54, 1.807) is 45.2 Å². The average Bonchev–Trinajstić information content (AvgIpc) is 2.60. The molecule has 0 spiro atoms. The van der Waals surface area contributed by atoms with Crippen molar-refractivity contribution < 1.29 is 13.2 Å². The highest BCUT2D eigenvalue weighted by Crippen LogP contribution is 2.23. The Hall–Kier alpha value is -1.07. The summed E-state index contributed by atoms with van der Waals surface area (Å²) < 4.78 is 23.4. The van der Waals surface area contributed by atoms with Crippen LogP contribution >= 0.6 is 35.6 Å². The SMILES string of the molecule is CN=C(NCCCC(=O)Nc1ccc(Cl)cc1)N1CCS(=O)(=O)C(C)(C)C1.I. The minimum atomic E-state index is -3.09. The van der Waals surface area contributed by atoms with Crippen molar-refractivity contribution in [1.82, 2.24) is 10.2 Å². The molecule has 2 N–H and O–H groups in total. The number of hydrogen-bond donors (Lipinski definition) is 2. The molecule has 1 fully saturated rings. The number of carbonyl (C=O) groups excluding carboxylic acids is 1. The molecule has 28 heavy (non-hydrogen) atoms. The molecule has 1 amide bonds. The van der Waals surface area contributed by atoms with Gasteiger partial charge in [-0.1, -0.05) is 11.6 Å². The summed E-state index contributed by atoms with van der Waals surface area (Å²) in [6, 6.07) is 6.96. The van der Waals surface area contributed by atoms with Crippen molar-refractivity contribution in [2.75, 3.05) is 37.8 Å². The summed E-state index contributed by atoms with van der Waals surface area (Å²) >= 11 is 5.82. The van der Waals surface area contributed by atoms with E-state index < -0.39 is 14.6 Å². The predicted molar refractivity (Wildman–Crippen MR) is 126 cm³/mol. The Morgan fingerprint density at radius 2 is 1.93 bits per heavy atom. The van der Waals surface area contributed by atoms with E-state index in [0.717, 1.165) is 0 Å². The summed E-state index contributed by atoms with van der Waals surface area (Å²) in [7, 11) is -1.42. The van der Waals surface area contributed by atoms with Crippen molar-refractivity contribution in [2.45, 2.75) is 31.4 Å². The van der Waals surface area contributed by atoms with Gasteiger partial charge in [-0.2, -0.15) is 0 Å². The molecule has 0 aromatic heterocycles. The van der Waals surface area contributed by atoms with E-state index in [-0.39, 0.29) is 35.6 Å². The van der Waals surface area contributed by atoms with Crippen LogP contribution in [-0.4, -0.2) is 62.4 Å². The largest absolute Gasteiger partial charge is 0.356 e. The lowest BCUT2D eigenvalue weighted by atomic mass is 10.2. The van der Waals surface area contributed by atoms with E-state index in [1.807, 2.05) is 4.90 Å². The molecule has 158 valence electrons. The Kier molecular flexibility index (Phi) is 9.48. The van der Waals surface area contributed by atoms with Crippen LogP contribution in [0.4, 0.5) is 5.69 Å². The zero-order valence-electron chi connectivity index (χ0n) is 16.4. The molecule has 1 aliphatic heterocycles. The topological polar surface area (TPSA) is 90.9 Å². The molecule has 10 heteroatoms. The van der Waals surface area contributed by atoms with Gasteiger partial charge >= 0.3 is 0 Å². The lowest BCUT2D eigenvalue weighted by Gasteiger charge is -2.39. The molecule has 1 aromatic carbocycles. The van der Waals surface area contributed by atoms with E-state index in [2.05, 4.69) is 15.6 Å². The molecule has 7 nitrogen and oxygen atoms in total. The van der Waals surface area contributed by atoms with Crippen molar-refractivity contribution >= 4 is 63.0 Å². The summed E-state index contributed by atoms with van der Waals surface area (Å²) in [6.45, 7) is 4.87. The Labute approximate surface area is 189 Å². The van der Waals surface area contributed by atoms with Gasteiger partial charge in [0.05, 0.1) is 10.5 Å². The molecule has 0 bridgehead atoms. The van der Waals surface area contributed by atoms with Crippen molar-refractivity contribution in [1.29, 1.82) is 0 Å². The number of aliphatic imine (C=N–C) groups is 1. The summed E-state index contributed by atoms with van der Waals surface area (Å²) in [5, 5.41) is 6.66. The number of nitrogens with one attached hydrogen (secondary N) is 2. The van der Waals surface area contributed by atoms with Crippen LogP contribution in [0.5, 0.6) is 0 Å². The molecule has 1 heterocycles. The highest BCUT2D eigenvalue weighted by molar-refractivity contribution is 14.0. The number of hydrogen-bond acceptors (Lipinski definition) is 4. The second-order valence-electron chi connectivity index (χ2n) is 7.13. The molecule has 0 aliphatic carbocycles. The van der Waals surface area contributed by atoms with Gasteiger partial charge in [-0.3, -0.25) is 9.79 Å². The van der Waals surface area contributed by atoms with Gasteiger partial charge in [0.25, 0.3) is 0 Å². The number of anilines is 1. The third-order valence-electron chi connectivity index (χ3n) is 4.55. The van der Waals surface area contributed by atoms with Crippen LogP contribution in [0.2, 0.25) is 5.02 Å². The van der Waals surface area contributed by atoms with Crippen LogP contribution < -0.4 is 10.6 Å². The second-order valence-corrected chi connectivity index (χ2v) is 10.3. The summed E-state index contributed by atoms with van der Waals surface area (Å²) in [5.74, 6) is 0.708. The van der Waals surface area contributed by atoms with Gasteiger partial charge < -0.3 is 15.5 Å². The maximum absolute atomic E-state index is 12.1. The minimum absolute atomic E-state index is 0. The van der Waals surface area contributed by atoms with E-state index in [1.165, 1.54) is 0 Å². The Bertz CT molecular complexity index is 798.